The molecule has 0 N–H and O–H groups in total. The summed E-state index contributed by atoms with van der Waals surface area (Å²) >= 11 is 0. The molecule has 7 heteroatoms. The van der Waals surface area contributed by atoms with Crippen molar-refractivity contribution in [2.45, 2.75) is 40.0 Å². The topological polar surface area (TPSA) is 66.6 Å². The van der Waals surface area contributed by atoms with Crippen LogP contribution in [0.4, 0.5) is 5.95 Å². The van der Waals surface area contributed by atoms with E-state index in [0.717, 1.165) is 16.8 Å². The van der Waals surface area contributed by atoms with Crippen LogP contribution < -0.4 is 4.90 Å². The molecule has 0 saturated carbocycles. The lowest BCUT2D eigenvalue weighted by molar-refractivity contribution is -0.127. The van der Waals surface area contributed by atoms with Gasteiger partial charge in [-0.1, -0.05) is 51.1 Å². The maximum Gasteiger partial charge on any atom is 0.254 e. The largest absolute Gasteiger partial charge is 0.336 e. The molecule has 1 saturated heterocycles. The highest BCUT2D eigenvalue weighted by Crippen LogP contribution is 2.26. The molecule has 1 aliphatic rings. The molecule has 1 aromatic carbocycles. The molecule has 0 atom stereocenters. The van der Waals surface area contributed by atoms with Crippen LogP contribution in [0.15, 0.2) is 48.2 Å². The van der Waals surface area contributed by atoms with E-state index < -0.39 is 0 Å². The molecule has 0 unspecified atom stereocenters. The predicted octanol–water partition coefficient (Wildman–Crippen LogP) is 3.70. The Labute approximate surface area is 183 Å². The second kappa shape index (κ2) is 8.13. The van der Waals surface area contributed by atoms with Crippen LogP contribution >= 0.6 is 0 Å². The molecule has 2 aromatic heterocycles. The van der Waals surface area contributed by atoms with Gasteiger partial charge in [-0.2, -0.15) is 9.50 Å². The average molecular weight is 419 g/mol. The van der Waals surface area contributed by atoms with Crippen LogP contribution in [0.3, 0.4) is 0 Å². The molecule has 3 heterocycles. The van der Waals surface area contributed by atoms with Crippen LogP contribution in [-0.4, -0.2) is 56.6 Å². The molecule has 1 aliphatic heterocycles. The summed E-state index contributed by atoms with van der Waals surface area (Å²) < 4.78 is 1.81. The van der Waals surface area contributed by atoms with Crippen LogP contribution in [0.1, 0.15) is 40.2 Å². The highest BCUT2D eigenvalue weighted by molar-refractivity contribution is 5.92. The fourth-order valence-electron chi connectivity index (χ4n) is 3.76. The van der Waals surface area contributed by atoms with Crippen molar-refractivity contribution in [2.75, 3.05) is 31.1 Å². The molecule has 3 aromatic rings. The summed E-state index contributed by atoms with van der Waals surface area (Å²) in [6.45, 7) is 13.1. The number of rotatable bonds is 3. The van der Waals surface area contributed by atoms with E-state index in [-0.39, 0.29) is 11.3 Å². The van der Waals surface area contributed by atoms with Crippen molar-refractivity contribution in [3.8, 4) is 11.3 Å². The minimum absolute atomic E-state index is 0.104. The number of nitrogens with zero attached hydrogens (tertiary/aromatic N) is 6. The van der Waals surface area contributed by atoms with Gasteiger partial charge in [0.1, 0.15) is 0 Å². The number of anilines is 1. The Balaban J connectivity index is 1.57. The van der Waals surface area contributed by atoms with Gasteiger partial charge < -0.3 is 9.80 Å². The van der Waals surface area contributed by atoms with Gasteiger partial charge in [-0.25, -0.2) is 4.98 Å². The highest BCUT2D eigenvalue weighted by Gasteiger charge is 2.24. The zero-order chi connectivity index (χ0) is 22.2. The lowest BCUT2D eigenvalue weighted by atomic mass is 9.86. The standard InChI is InChI=1S/C24H30N6O/c1-6-17(2)21(31)28-13-15-29(16-14-28)23-26-22-25-12-11-20(30(22)27-23)18-7-9-19(10-8-18)24(3,4)5/h6-12H,13-16H2,1-5H3/b17-6+. The summed E-state index contributed by atoms with van der Waals surface area (Å²) in [6, 6.07) is 10.6. The first-order valence-corrected chi connectivity index (χ1v) is 10.8. The van der Waals surface area contributed by atoms with Crippen LogP contribution in [0.2, 0.25) is 0 Å². The summed E-state index contributed by atoms with van der Waals surface area (Å²) in [5, 5.41) is 4.76. The maximum absolute atomic E-state index is 12.4. The normalized spacial score (nSPS) is 15.6. The van der Waals surface area contributed by atoms with Crippen molar-refractivity contribution in [2.24, 2.45) is 0 Å². The molecular weight excluding hydrogens is 388 g/mol. The number of hydrogen-bond donors (Lipinski definition) is 0. The monoisotopic (exact) mass is 418 g/mol. The van der Waals surface area contributed by atoms with Crippen molar-refractivity contribution >= 4 is 17.6 Å². The van der Waals surface area contributed by atoms with E-state index in [2.05, 4.69) is 59.9 Å². The number of fused-ring (bicyclic) bond motifs is 1. The average Bonchev–Trinajstić information content (AvgIpc) is 3.22. The molecule has 4 rings (SSSR count). The number of aromatic nitrogens is 4. The van der Waals surface area contributed by atoms with Crippen LogP contribution in [-0.2, 0) is 10.2 Å². The summed E-state index contributed by atoms with van der Waals surface area (Å²) in [6.07, 6.45) is 3.64. The van der Waals surface area contributed by atoms with Gasteiger partial charge in [-0.15, -0.1) is 5.10 Å². The SMILES string of the molecule is C/C=C(\C)C(=O)N1CCN(c2nc3nccc(-c4ccc(C(C)(C)C)cc4)n3n2)CC1. The molecule has 0 aliphatic carbocycles. The molecule has 0 spiro atoms. The third-order valence-electron chi connectivity index (χ3n) is 5.90. The first kappa shape index (κ1) is 21.0. The van der Waals surface area contributed by atoms with Gasteiger partial charge in [-0.05, 0) is 30.9 Å². The zero-order valence-electron chi connectivity index (χ0n) is 19.0. The number of piperazine rings is 1. The van der Waals surface area contributed by atoms with Gasteiger partial charge in [0.25, 0.3) is 5.78 Å². The smallest absolute Gasteiger partial charge is 0.254 e. The summed E-state index contributed by atoms with van der Waals surface area (Å²) in [7, 11) is 0. The van der Waals surface area contributed by atoms with E-state index in [9.17, 15) is 4.79 Å². The molecule has 1 amide bonds. The van der Waals surface area contributed by atoms with E-state index in [0.29, 0.717) is 37.9 Å². The minimum Gasteiger partial charge on any atom is -0.336 e. The minimum atomic E-state index is 0.104. The number of carbonyl (C=O) groups is 1. The lowest BCUT2D eigenvalue weighted by Gasteiger charge is -2.34. The molecular formula is C24H30N6O. The van der Waals surface area contributed by atoms with E-state index in [1.807, 2.05) is 35.4 Å². The Kier molecular flexibility index (Phi) is 5.52. The van der Waals surface area contributed by atoms with Crippen molar-refractivity contribution in [3.63, 3.8) is 0 Å². The van der Waals surface area contributed by atoms with E-state index in [1.165, 1.54) is 5.56 Å². The Bertz CT molecular complexity index is 1120. The summed E-state index contributed by atoms with van der Waals surface area (Å²) in [4.78, 5) is 25.5. The number of benzene rings is 1. The molecule has 0 radical (unpaired) electrons. The number of hydrogen-bond acceptors (Lipinski definition) is 5. The zero-order valence-corrected chi connectivity index (χ0v) is 19.0. The Hall–Kier alpha value is -3.22. The third-order valence-corrected chi connectivity index (χ3v) is 5.90. The Morgan fingerprint density at radius 2 is 1.71 bits per heavy atom. The Morgan fingerprint density at radius 3 is 2.32 bits per heavy atom. The molecule has 7 nitrogen and oxygen atoms in total. The summed E-state index contributed by atoms with van der Waals surface area (Å²) in [5.74, 6) is 1.34. The van der Waals surface area contributed by atoms with Gasteiger partial charge in [0.15, 0.2) is 0 Å². The third kappa shape index (κ3) is 4.17. The number of allylic oxidation sites excluding steroid dienone is 1. The maximum atomic E-state index is 12.4. The van der Waals surface area contributed by atoms with Crippen molar-refractivity contribution in [3.05, 3.63) is 53.7 Å². The van der Waals surface area contributed by atoms with Crippen molar-refractivity contribution in [1.29, 1.82) is 0 Å². The lowest BCUT2D eigenvalue weighted by Crippen LogP contribution is -2.49. The second-order valence-electron chi connectivity index (χ2n) is 9.03. The van der Waals surface area contributed by atoms with Gasteiger partial charge in [0.05, 0.1) is 5.69 Å². The van der Waals surface area contributed by atoms with E-state index in [4.69, 9.17) is 5.10 Å². The fourth-order valence-corrected chi connectivity index (χ4v) is 3.76. The predicted molar refractivity (Wildman–Crippen MR) is 123 cm³/mol. The van der Waals surface area contributed by atoms with Gasteiger partial charge in [-0.3, -0.25) is 4.79 Å². The first-order valence-electron chi connectivity index (χ1n) is 10.8. The highest BCUT2D eigenvalue weighted by atomic mass is 16.2. The molecule has 31 heavy (non-hydrogen) atoms. The Morgan fingerprint density at radius 1 is 1.03 bits per heavy atom. The quantitative estimate of drug-likeness (QED) is 0.607. The van der Waals surface area contributed by atoms with Gasteiger partial charge >= 0.3 is 0 Å². The van der Waals surface area contributed by atoms with Crippen molar-refractivity contribution in [1.82, 2.24) is 24.5 Å². The van der Waals surface area contributed by atoms with Crippen LogP contribution in [0.25, 0.3) is 17.0 Å². The van der Waals surface area contributed by atoms with E-state index in [1.54, 1.807) is 6.20 Å². The first-order chi connectivity index (χ1) is 14.8. The molecule has 1 fully saturated rings. The van der Waals surface area contributed by atoms with Crippen molar-refractivity contribution < 1.29 is 4.79 Å². The van der Waals surface area contributed by atoms with E-state index >= 15 is 0 Å². The van der Waals surface area contributed by atoms with Gasteiger partial charge in [0.2, 0.25) is 11.9 Å². The number of amides is 1. The summed E-state index contributed by atoms with van der Waals surface area (Å²) in [5.41, 5.74) is 4.23. The second-order valence-corrected chi connectivity index (χ2v) is 9.03. The van der Waals surface area contributed by atoms with Gasteiger partial charge in [0, 0.05) is 43.5 Å². The number of carbonyl (C=O) groups excluding carboxylic acids is 1. The molecule has 0 bridgehead atoms. The van der Waals surface area contributed by atoms with Crippen LogP contribution in [0.5, 0.6) is 0 Å². The van der Waals surface area contributed by atoms with Crippen LogP contribution in [0, 0.1) is 0 Å². The molecule has 162 valence electrons. The fraction of sp³-hybridized carbons (Fsp3) is 0.417.